The molecule has 0 saturated carbocycles. The van der Waals surface area contributed by atoms with Gasteiger partial charge in [0.15, 0.2) is 0 Å². The Bertz CT molecular complexity index is 197. The molecule has 4 nitrogen and oxygen atoms in total. The molecule has 18 heavy (non-hydrogen) atoms. The first-order valence-electron chi connectivity index (χ1n) is 7.48. The number of unbranched alkanes of at least 4 members (excludes halogenated alkanes) is 9. The summed E-state index contributed by atoms with van der Waals surface area (Å²) in [4.78, 5) is 14.5. The lowest BCUT2D eigenvalue weighted by Gasteiger charge is -2.08. The second-order valence-corrected chi connectivity index (χ2v) is 5.11. The fraction of sp³-hybridized carbons (Fsp3) is 1.00. The molecule has 0 aliphatic heterocycles. The van der Waals surface area contributed by atoms with Crippen molar-refractivity contribution in [3.63, 3.8) is 0 Å². The summed E-state index contributed by atoms with van der Waals surface area (Å²) in [6, 6.07) is 0. The Labute approximate surface area is 111 Å². The van der Waals surface area contributed by atoms with E-state index in [1.807, 2.05) is 0 Å². The summed E-state index contributed by atoms with van der Waals surface area (Å²) in [5.74, 6) is 0. The monoisotopic (exact) mass is 259 g/mol. The number of nitrogens with zero attached hydrogens (tertiary/aromatic N) is 1. The normalized spacial score (nSPS) is 12.3. The van der Waals surface area contributed by atoms with Gasteiger partial charge in [-0.05, 0) is 13.3 Å². The second-order valence-electron chi connectivity index (χ2n) is 5.11. The SMILES string of the molecule is CCCCCCCCCCCCC(C)O[N+](=O)[O-]. The Morgan fingerprint density at radius 1 is 0.944 bits per heavy atom. The van der Waals surface area contributed by atoms with Crippen molar-refractivity contribution in [2.45, 2.75) is 90.6 Å². The van der Waals surface area contributed by atoms with Crippen molar-refractivity contribution in [1.29, 1.82) is 0 Å². The van der Waals surface area contributed by atoms with Gasteiger partial charge < -0.3 is 4.84 Å². The van der Waals surface area contributed by atoms with Crippen LogP contribution in [0.25, 0.3) is 0 Å². The quantitative estimate of drug-likeness (QED) is 0.269. The van der Waals surface area contributed by atoms with Crippen LogP contribution in [0.3, 0.4) is 0 Å². The first kappa shape index (κ1) is 17.2. The van der Waals surface area contributed by atoms with Crippen molar-refractivity contribution in [2.75, 3.05) is 0 Å². The van der Waals surface area contributed by atoms with E-state index < -0.39 is 5.09 Å². The molecule has 0 aliphatic rings. The minimum atomic E-state index is -0.693. The van der Waals surface area contributed by atoms with Crippen LogP contribution < -0.4 is 0 Å². The van der Waals surface area contributed by atoms with E-state index in [0.717, 1.165) is 12.8 Å². The summed E-state index contributed by atoms with van der Waals surface area (Å²) >= 11 is 0. The average Bonchev–Trinajstić information content (AvgIpc) is 2.30. The van der Waals surface area contributed by atoms with Gasteiger partial charge in [0, 0.05) is 0 Å². The van der Waals surface area contributed by atoms with Crippen LogP contribution in [0.4, 0.5) is 0 Å². The molecule has 0 spiro atoms. The zero-order valence-electron chi connectivity index (χ0n) is 12.0. The maximum absolute atomic E-state index is 10.1. The highest BCUT2D eigenvalue weighted by Gasteiger charge is 2.05. The lowest BCUT2D eigenvalue weighted by atomic mass is 10.1. The van der Waals surface area contributed by atoms with Gasteiger partial charge in [-0.25, -0.2) is 0 Å². The van der Waals surface area contributed by atoms with Crippen molar-refractivity contribution in [3.05, 3.63) is 10.1 Å². The number of rotatable bonds is 13. The summed E-state index contributed by atoms with van der Waals surface area (Å²) in [7, 11) is 0. The first-order valence-corrected chi connectivity index (χ1v) is 7.48. The fourth-order valence-corrected chi connectivity index (χ4v) is 2.12. The Balaban J connectivity index is 3.09. The lowest BCUT2D eigenvalue weighted by Crippen LogP contribution is -2.12. The molecule has 1 atom stereocenters. The van der Waals surface area contributed by atoms with Crippen LogP contribution in [0.5, 0.6) is 0 Å². The van der Waals surface area contributed by atoms with Gasteiger partial charge in [-0.1, -0.05) is 71.1 Å². The molecule has 0 aromatic carbocycles. The number of hydrogen-bond acceptors (Lipinski definition) is 3. The van der Waals surface area contributed by atoms with Gasteiger partial charge in [-0.2, -0.15) is 0 Å². The maximum Gasteiger partial charge on any atom is 0.294 e. The van der Waals surface area contributed by atoms with Crippen LogP contribution >= 0.6 is 0 Å². The number of hydrogen-bond donors (Lipinski definition) is 0. The molecule has 0 heterocycles. The Kier molecular flexibility index (Phi) is 12.1. The molecule has 1 unspecified atom stereocenters. The van der Waals surface area contributed by atoms with Crippen LogP contribution in [0, 0.1) is 10.1 Å². The molecule has 0 N–H and O–H groups in total. The van der Waals surface area contributed by atoms with Crippen LogP contribution in [-0.2, 0) is 4.84 Å². The molecule has 0 radical (unpaired) electrons. The molecule has 0 saturated heterocycles. The zero-order valence-corrected chi connectivity index (χ0v) is 12.0. The molecule has 0 amide bonds. The van der Waals surface area contributed by atoms with Crippen molar-refractivity contribution < 1.29 is 9.92 Å². The molecule has 0 rings (SSSR count). The zero-order chi connectivity index (χ0) is 13.6. The highest BCUT2D eigenvalue weighted by Crippen LogP contribution is 2.12. The molecule has 0 bridgehead atoms. The molecule has 0 aromatic heterocycles. The summed E-state index contributed by atoms with van der Waals surface area (Å²) in [5.41, 5.74) is 0. The van der Waals surface area contributed by atoms with E-state index in [2.05, 4.69) is 11.8 Å². The second kappa shape index (κ2) is 12.7. The third-order valence-corrected chi connectivity index (χ3v) is 3.23. The molecular weight excluding hydrogens is 230 g/mol. The third kappa shape index (κ3) is 13.3. The van der Waals surface area contributed by atoms with Gasteiger partial charge in [0.25, 0.3) is 5.09 Å². The van der Waals surface area contributed by atoms with Crippen molar-refractivity contribution in [1.82, 2.24) is 0 Å². The summed E-state index contributed by atoms with van der Waals surface area (Å²) < 4.78 is 0. The average molecular weight is 259 g/mol. The highest BCUT2D eigenvalue weighted by atomic mass is 17.0. The van der Waals surface area contributed by atoms with Crippen molar-refractivity contribution in [3.8, 4) is 0 Å². The lowest BCUT2D eigenvalue weighted by molar-refractivity contribution is -0.767. The summed E-state index contributed by atoms with van der Waals surface area (Å²) in [6.45, 7) is 4.00. The van der Waals surface area contributed by atoms with E-state index in [9.17, 15) is 10.1 Å². The van der Waals surface area contributed by atoms with Crippen LogP contribution in [0.15, 0.2) is 0 Å². The Morgan fingerprint density at radius 3 is 1.83 bits per heavy atom. The van der Waals surface area contributed by atoms with E-state index >= 15 is 0 Å². The van der Waals surface area contributed by atoms with Crippen LogP contribution in [0.1, 0.15) is 84.5 Å². The van der Waals surface area contributed by atoms with E-state index in [1.165, 1.54) is 57.8 Å². The van der Waals surface area contributed by atoms with E-state index in [-0.39, 0.29) is 6.10 Å². The fourth-order valence-electron chi connectivity index (χ4n) is 2.12. The largest absolute Gasteiger partial charge is 0.311 e. The van der Waals surface area contributed by atoms with Crippen LogP contribution in [0.2, 0.25) is 0 Å². The Morgan fingerprint density at radius 2 is 1.39 bits per heavy atom. The van der Waals surface area contributed by atoms with Gasteiger partial charge in [-0.3, -0.25) is 0 Å². The maximum atomic E-state index is 10.1. The van der Waals surface area contributed by atoms with Crippen LogP contribution in [-0.4, -0.2) is 11.2 Å². The molecule has 108 valence electrons. The predicted molar refractivity (Wildman–Crippen MR) is 74.0 cm³/mol. The molecule has 0 aliphatic carbocycles. The third-order valence-electron chi connectivity index (χ3n) is 3.23. The smallest absolute Gasteiger partial charge is 0.294 e. The van der Waals surface area contributed by atoms with Gasteiger partial charge >= 0.3 is 0 Å². The molecule has 0 aromatic rings. The van der Waals surface area contributed by atoms with E-state index in [1.54, 1.807) is 6.92 Å². The first-order chi connectivity index (χ1) is 8.66. The van der Waals surface area contributed by atoms with Gasteiger partial charge in [0.05, 0.1) is 0 Å². The van der Waals surface area contributed by atoms with Crippen molar-refractivity contribution in [2.24, 2.45) is 0 Å². The van der Waals surface area contributed by atoms with E-state index in [0.29, 0.717) is 0 Å². The van der Waals surface area contributed by atoms with Gasteiger partial charge in [-0.15, -0.1) is 10.1 Å². The van der Waals surface area contributed by atoms with E-state index in [4.69, 9.17) is 0 Å². The van der Waals surface area contributed by atoms with Gasteiger partial charge in [0.2, 0.25) is 0 Å². The minimum Gasteiger partial charge on any atom is -0.311 e. The van der Waals surface area contributed by atoms with Crippen molar-refractivity contribution >= 4 is 0 Å². The molecular formula is C14H29NO3. The molecule has 4 heteroatoms. The standard InChI is InChI=1S/C14H29NO3/c1-3-4-5-6-7-8-9-10-11-12-13-14(2)18-15(16)17/h14H,3-13H2,1-2H3. The molecule has 0 fully saturated rings. The Hall–Kier alpha value is -0.800. The highest BCUT2D eigenvalue weighted by molar-refractivity contribution is 4.51. The predicted octanol–water partition coefficient (Wildman–Crippen LogP) is 4.89. The van der Waals surface area contributed by atoms with Gasteiger partial charge in [0.1, 0.15) is 6.10 Å². The minimum absolute atomic E-state index is 0.256. The topological polar surface area (TPSA) is 52.4 Å². The summed E-state index contributed by atoms with van der Waals surface area (Å²) in [6.07, 6.45) is 13.4. The summed E-state index contributed by atoms with van der Waals surface area (Å²) in [5, 5.41) is 9.38.